The number of carbonyl (C=O) groups excluding carboxylic acids is 1. The number of amides is 1. The Hall–Kier alpha value is -2.25. The van der Waals surface area contributed by atoms with Crippen LogP contribution in [-0.4, -0.2) is 51.3 Å². The van der Waals surface area contributed by atoms with Crippen LogP contribution >= 0.6 is 0 Å². The summed E-state index contributed by atoms with van der Waals surface area (Å²) in [6, 6.07) is 9.70. The third kappa shape index (κ3) is 3.80. The van der Waals surface area contributed by atoms with Crippen molar-refractivity contribution in [2.24, 2.45) is 7.05 Å². The molecule has 1 aliphatic heterocycles. The van der Waals surface area contributed by atoms with E-state index < -0.39 is 0 Å². The van der Waals surface area contributed by atoms with Crippen molar-refractivity contribution in [1.29, 1.82) is 0 Å². The van der Waals surface area contributed by atoms with Gasteiger partial charge in [0.15, 0.2) is 5.82 Å². The molecule has 1 saturated heterocycles. The minimum atomic E-state index is -0.215. The van der Waals surface area contributed by atoms with Gasteiger partial charge in [-0.15, -0.1) is 10.2 Å². The number of ether oxygens (including phenoxy) is 1. The fraction of sp³-hybridized carbons (Fsp3) is 0.471. The van der Waals surface area contributed by atoms with Gasteiger partial charge in [0, 0.05) is 26.7 Å². The summed E-state index contributed by atoms with van der Waals surface area (Å²) in [5.41, 5.74) is 1.09. The monoisotopic (exact) mass is 329 g/mol. The molecular weight excluding hydrogens is 306 g/mol. The number of aryl methyl sites for hydroxylation is 1. The van der Waals surface area contributed by atoms with Crippen molar-refractivity contribution in [3.05, 3.63) is 48.0 Å². The lowest BCUT2D eigenvalue weighted by Crippen LogP contribution is -2.50. The summed E-state index contributed by atoms with van der Waals surface area (Å²) in [6.45, 7) is 4.41. The molecule has 2 atom stereocenters. The van der Waals surface area contributed by atoms with Gasteiger partial charge in [0.25, 0.3) is 0 Å². The number of rotatable bonds is 5. The SMILES string of the molecule is C[C@H](C(=O)NCc1ccccc1)N1CCO[C@@H](c2nncn2C)C1. The molecule has 1 aromatic heterocycles. The Labute approximate surface area is 141 Å². The van der Waals surface area contributed by atoms with Gasteiger partial charge in [0.05, 0.1) is 12.6 Å². The molecule has 7 heteroatoms. The molecule has 3 rings (SSSR count). The second-order valence-corrected chi connectivity index (χ2v) is 6.03. The summed E-state index contributed by atoms with van der Waals surface area (Å²) >= 11 is 0. The first kappa shape index (κ1) is 16.6. The van der Waals surface area contributed by atoms with Gasteiger partial charge in [-0.05, 0) is 12.5 Å². The van der Waals surface area contributed by atoms with Crippen LogP contribution in [0.4, 0.5) is 0 Å². The molecule has 0 unspecified atom stereocenters. The first-order valence-electron chi connectivity index (χ1n) is 8.16. The van der Waals surface area contributed by atoms with E-state index in [4.69, 9.17) is 4.74 Å². The number of morpholine rings is 1. The largest absolute Gasteiger partial charge is 0.368 e. The maximum absolute atomic E-state index is 12.4. The van der Waals surface area contributed by atoms with E-state index in [2.05, 4.69) is 20.4 Å². The number of hydrogen-bond acceptors (Lipinski definition) is 5. The Morgan fingerprint density at radius 1 is 1.42 bits per heavy atom. The molecule has 7 nitrogen and oxygen atoms in total. The Kier molecular flexibility index (Phi) is 5.22. The molecule has 1 aliphatic rings. The van der Waals surface area contributed by atoms with Gasteiger partial charge in [-0.2, -0.15) is 0 Å². The number of nitrogens with one attached hydrogen (secondary N) is 1. The first-order valence-corrected chi connectivity index (χ1v) is 8.16. The summed E-state index contributed by atoms with van der Waals surface area (Å²) in [6.07, 6.45) is 1.50. The van der Waals surface area contributed by atoms with Crippen molar-refractivity contribution in [2.45, 2.75) is 25.6 Å². The topological polar surface area (TPSA) is 72.3 Å². The van der Waals surface area contributed by atoms with Crippen molar-refractivity contribution >= 4 is 5.91 Å². The highest BCUT2D eigenvalue weighted by Crippen LogP contribution is 2.21. The van der Waals surface area contributed by atoms with Crippen LogP contribution < -0.4 is 5.32 Å². The van der Waals surface area contributed by atoms with Crippen LogP contribution in [0.3, 0.4) is 0 Å². The maximum atomic E-state index is 12.4. The molecule has 0 saturated carbocycles. The smallest absolute Gasteiger partial charge is 0.237 e. The Bertz CT molecular complexity index is 673. The average Bonchev–Trinajstić information content (AvgIpc) is 3.06. The van der Waals surface area contributed by atoms with Crippen LogP contribution in [-0.2, 0) is 23.1 Å². The van der Waals surface area contributed by atoms with Gasteiger partial charge >= 0.3 is 0 Å². The molecule has 128 valence electrons. The van der Waals surface area contributed by atoms with Gasteiger partial charge in [0.2, 0.25) is 5.91 Å². The summed E-state index contributed by atoms with van der Waals surface area (Å²) in [5.74, 6) is 0.814. The van der Waals surface area contributed by atoms with Crippen LogP contribution in [0.5, 0.6) is 0 Å². The minimum absolute atomic E-state index is 0.0254. The van der Waals surface area contributed by atoms with E-state index in [1.54, 1.807) is 6.33 Å². The van der Waals surface area contributed by atoms with E-state index in [1.165, 1.54) is 0 Å². The molecule has 0 bridgehead atoms. The highest BCUT2D eigenvalue weighted by Gasteiger charge is 2.30. The number of benzene rings is 1. The standard InChI is InChI=1S/C17H23N5O2/c1-13(17(23)18-10-14-6-4-3-5-7-14)22-8-9-24-15(11-22)16-20-19-12-21(16)2/h3-7,12-13,15H,8-11H2,1-2H3,(H,18,23)/t13-,15-/m1/s1. The fourth-order valence-corrected chi connectivity index (χ4v) is 2.86. The molecule has 2 heterocycles. The van der Waals surface area contributed by atoms with Crippen LogP contribution in [0, 0.1) is 0 Å². The molecule has 0 radical (unpaired) electrons. The zero-order valence-electron chi connectivity index (χ0n) is 14.1. The number of aromatic nitrogens is 3. The Morgan fingerprint density at radius 3 is 2.92 bits per heavy atom. The number of nitrogens with zero attached hydrogens (tertiary/aromatic N) is 4. The summed E-state index contributed by atoms with van der Waals surface area (Å²) < 4.78 is 7.65. The summed E-state index contributed by atoms with van der Waals surface area (Å²) in [4.78, 5) is 14.6. The molecule has 24 heavy (non-hydrogen) atoms. The molecular formula is C17H23N5O2. The zero-order chi connectivity index (χ0) is 16.9. The Morgan fingerprint density at radius 2 is 2.21 bits per heavy atom. The van der Waals surface area contributed by atoms with Gasteiger partial charge < -0.3 is 14.6 Å². The molecule has 0 aliphatic carbocycles. The van der Waals surface area contributed by atoms with E-state index >= 15 is 0 Å². The lowest BCUT2D eigenvalue weighted by atomic mass is 10.1. The normalized spacial score (nSPS) is 19.8. The van der Waals surface area contributed by atoms with E-state index in [9.17, 15) is 4.79 Å². The van der Waals surface area contributed by atoms with Crippen molar-refractivity contribution in [2.75, 3.05) is 19.7 Å². The van der Waals surface area contributed by atoms with Gasteiger partial charge in [0.1, 0.15) is 12.4 Å². The van der Waals surface area contributed by atoms with E-state index in [1.807, 2.05) is 48.9 Å². The van der Waals surface area contributed by atoms with Crippen molar-refractivity contribution in [3.63, 3.8) is 0 Å². The maximum Gasteiger partial charge on any atom is 0.237 e. The molecule has 1 amide bonds. The molecule has 1 aromatic carbocycles. The first-order chi connectivity index (χ1) is 11.6. The third-order valence-electron chi connectivity index (χ3n) is 4.37. The van der Waals surface area contributed by atoms with Crippen LogP contribution in [0.2, 0.25) is 0 Å². The van der Waals surface area contributed by atoms with Crippen LogP contribution in [0.25, 0.3) is 0 Å². The van der Waals surface area contributed by atoms with E-state index in [0.717, 1.165) is 17.9 Å². The van der Waals surface area contributed by atoms with Gasteiger partial charge in [-0.25, -0.2) is 0 Å². The van der Waals surface area contributed by atoms with E-state index in [0.29, 0.717) is 19.7 Å². The predicted molar refractivity (Wildman–Crippen MR) is 89.0 cm³/mol. The highest BCUT2D eigenvalue weighted by molar-refractivity contribution is 5.81. The zero-order valence-corrected chi connectivity index (χ0v) is 14.1. The highest BCUT2D eigenvalue weighted by atomic mass is 16.5. The predicted octanol–water partition coefficient (Wildman–Crippen LogP) is 0.893. The average molecular weight is 329 g/mol. The number of hydrogen-bond donors (Lipinski definition) is 1. The molecule has 1 N–H and O–H groups in total. The third-order valence-corrected chi connectivity index (χ3v) is 4.37. The molecule has 0 spiro atoms. The summed E-state index contributed by atoms with van der Waals surface area (Å²) in [5, 5.41) is 11.0. The van der Waals surface area contributed by atoms with Crippen molar-refractivity contribution in [1.82, 2.24) is 25.0 Å². The Balaban J connectivity index is 1.56. The van der Waals surface area contributed by atoms with Gasteiger partial charge in [-0.1, -0.05) is 30.3 Å². The molecule has 1 fully saturated rings. The fourth-order valence-electron chi connectivity index (χ4n) is 2.86. The lowest BCUT2D eigenvalue weighted by Gasteiger charge is -2.35. The lowest BCUT2D eigenvalue weighted by molar-refractivity contribution is -0.129. The quantitative estimate of drug-likeness (QED) is 0.882. The van der Waals surface area contributed by atoms with Crippen LogP contribution in [0.1, 0.15) is 24.4 Å². The second-order valence-electron chi connectivity index (χ2n) is 6.03. The van der Waals surface area contributed by atoms with E-state index in [-0.39, 0.29) is 18.1 Å². The summed E-state index contributed by atoms with van der Waals surface area (Å²) in [7, 11) is 1.90. The minimum Gasteiger partial charge on any atom is -0.368 e. The van der Waals surface area contributed by atoms with Crippen LogP contribution in [0.15, 0.2) is 36.7 Å². The van der Waals surface area contributed by atoms with Crippen molar-refractivity contribution in [3.8, 4) is 0 Å². The van der Waals surface area contributed by atoms with Gasteiger partial charge in [-0.3, -0.25) is 9.69 Å². The number of carbonyl (C=O) groups is 1. The molecule has 2 aromatic rings. The second kappa shape index (κ2) is 7.55. The van der Waals surface area contributed by atoms with Crippen molar-refractivity contribution < 1.29 is 9.53 Å².